The van der Waals surface area contributed by atoms with Gasteiger partial charge < -0.3 is 5.73 Å². The van der Waals surface area contributed by atoms with Crippen molar-refractivity contribution in [2.45, 2.75) is 24.9 Å². The van der Waals surface area contributed by atoms with Gasteiger partial charge in [-0.2, -0.15) is 13.2 Å². The van der Waals surface area contributed by atoms with Crippen molar-refractivity contribution >= 4 is 27.2 Å². The number of aryl methyl sites for hydroxylation is 2. The van der Waals surface area contributed by atoms with Gasteiger partial charge in [-0.3, -0.25) is 0 Å². The molecule has 1 aromatic carbocycles. The summed E-state index contributed by atoms with van der Waals surface area (Å²) < 4.78 is 63.2. The molecule has 154 valence electrons. The standard InChI is InChI=1S/C17H16F3N5O2S2/c1-9-3-4-11(29(26,27)24-8-17(18,19)20)5-12(9)13-6-23-16(21)15(25-13)14-7-22-10(2)28-14/h3-7,24H,8H2,1-2H3,(H2,21,23). The van der Waals surface area contributed by atoms with Gasteiger partial charge in [0.05, 0.1) is 26.7 Å². The Kier molecular flexibility index (Phi) is 5.61. The van der Waals surface area contributed by atoms with E-state index in [9.17, 15) is 21.6 Å². The van der Waals surface area contributed by atoms with Crippen LogP contribution in [0.25, 0.3) is 21.8 Å². The number of rotatable bonds is 5. The maximum atomic E-state index is 12.4. The number of nitrogens with two attached hydrogens (primary N) is 1. The van der Waals surface area contributed by atoms with Gasteiger partial charge in [0.2, 0.25) is 10.0 Å². The highest BCUT2D eigenvalue weighted by Crippen LogP contribution is 2.31. The number of aromatic nitrogens is 3. The first-order valence-corrected chi connectivity index (χ1v) is 10.5. The van der Waals surface area contributed by atoms with Crippen LogP contribution in [-0.4, -0.2) is 36.1 Å². The van der Waals surface area contributed by atoms with E-state index in [1.54, 1.807) is 17.8 Å². The Hall–Kier alpha value is -2.57. The van der Waals surface area contributed by atoms with Crippen molar-refractivity contribution in [1.29, 1.82) is 0 Å². The fourth-order valence-electron chi connectivity index (χ4n) is 2.48. The van der Waals surface area contributed by atoms with Crippen molar-refractivity contribution in [2.75, 3.05) is 12.3 Å². The smallest absolute Gasteiger partial charge is 0.382 e. The lowest BCUT2D eigenvalue weighted by Gasteiger charge is -2.12. The Morgan fingerprint density at radius 2 is 1.90 bits per heavy atom. The van der Waals surface area contributed by atoms with Crippen LogP contribution in [0.1, 0.15) is 10.6 Å². The number of halogens is 3. The third-order valence-electron chi connectivity index (χ3n) is 3.91. The lowest BCUT2D eigenvalue weighted by Crippen LogP contribution is -2.33. The van der Waals surface area contributed by atoms with Gasteiger partial charge in [-0.25, -0.2) is 28.1 Å². The molecule has 0 saturated heterocycles. The highest BCUT2D eigenvalue weighted by Gasteiger charge is 2.30. The normalized spacial score (nSPS) is 12.3. The van der Waals surface area contributed by atoms with Crippen LogP contribution in [0.4, 0.5) is 19.0 Å². The zero-order valence-corrected chi connectivity index (χ0v) is 16.9. The largest absolute Gasteiger partial charge is 0.402 e. The minimum absolute atomic E-state index is 0.186. The number of alkyl halides is 3. The molecule has 0 aliphatic rings. The minimum Gasteiger partial charge on any atom is -0.382 e. The van der Waals surface area contributed by atoms with Gasteiger partial charge in [-0.15, -0.1) is 11.3 Å². The van der Waals surface area contributed by atoms with Gasteiger partial charge in [0.15, 0.2) is 5.82 Å². The van der Waals surface area contributed by atoms with Crippen molar-refractivity contribution in [2.24, 2.45) is 0 Å². The van der Waals surface area contributed by atoms with Gasteiger partial charge in [-0.1, -0.05) is 6.07 Å². The van der Waals surface area contributed by atoms with E-state index in [-0.39, 0.29) is 10.7 Å². The summed E-state index contributed by atoms with van der Waals surface area (Å²) in [5.41, 5.74) is 7.74. The molecule has 7 nitrogen and oxygen atoms in total. The van der Waals surface area contributed by atoms with Crippen LogP contribution in [-0.2, 0) is 10.0 Å². The third kappa shape index (κ3) is 4.89. The second-order valence-corrected chi connectivity index (χ2v) is 9.15. The van der Waals surface area contributed by atoms with E-state index in [0.29, 0.717) is 27.4 Å². The first kappa shape index (κ1) is 21.1. The SMILES string of the molecule is Cc1ncc(-c2nc(-c3cc(S(=O)(=O)NCC(F)(F)F)ccc3C)cnc2N)s1. The number of nitrogens with zero attached hydrogens (tertiary/aromatic N) is 3. The number of nitrogens with one attached hydrogen (secondary N) is 1. The van der Waals surface area contributed by atoms with E-state index in [1.807, 2.05) is 6.92 Å². The molecule has 0 atom stereocenters. The zero-order chi connectivity index (χ0) is 21.4. The van der Waals surface area contributed by atoms with E-state index in [0.717, 1.165) is 5.01 Å². The molecule has 0 radical (unpaired) electrons. The zero-order valence-electron chi connectivity index (χ0n) is 15.3. The highest BCUT2D eigenvalue weighted by molar-refractivity contribution is 7.89. The van der Waals surface area contributed by atoms with Crippen molar-refractivity contribution in [1.82, 2.24) is 19.7 Å². The number of hydrogen-bond donors (Lipinski definition) is 2. The molecule has 0 aliphatic carbocycles. The van der Waals surface area contributed by atoms with E-state index >= 15 is 0 Å². The van der Waals surface area contributed by atoms with Crippen molar-refractivity contribution in [3.05, 3.63) is 41.2 Å². The van der Waals surface area contributed by atoms with E-state index in [4.69, 9.17) is 5.73 Å². The molecule has 0 bridgehead atoms. The molecule has 3 rings (SSSR count). The van der Waals surface area contributed by atoms with Gasteiger partial charge in [0, 0.05) is 11.8 Å². The quantitative estimate of drug-likeness (QED) is 0.626. The Labute approximate surface area is 168 Å². The topological polar surface area (TPSA) is 111 Å². The number of sulfonamides is 1. The van der Waals surface area contributed by atoms with Crippen LogP contribution in [0.5, 0.6) is 0 Å². The Bertz CT molecular complexity index is 1160. The molecule has 29 heavy (non-hydrogen) atoms. The Morgan fingerprint density at radius 1 is 1.17 bits per heavy atom. The lowest BCUT2D eigenvalue weighted by molar-refractivity contribution is -0.121. The van der Waals surface area contributed by atoms with Gasteiger partial charge in [0.25, 0.3) is 0 Å². The lowest BCUT2D eigenvalue weighted by atomic mass is 10.1. The van der Waals surface area contributed by atoms with E-state index in [2.05, 4.69) is 15.0 Å². The molecule has 0 saturated carbocycles. The summed E-state index contributed by atoms with van der Waals surface area (Å²) in [6.07, 6.45) is -1.67. The second-order valence-electron chi connectivity index (χ2n) is 6.15. The van der Waals surface area contributed by atoms with Gasteiger partial charge >= 0.3 is 6.18 Å². The summed E-state index contributed by atoms with van der Waals surface area (Å²) in [4.78, 5) is 13.2. The van der Waals surface area contributed by atoms with Crippen LogP contribution in [0.15, 0.2) is 35.5 Å². The molecule has 3 aromatic rings. The average molecular weight is 443 g/mol. The number of anilines is 1. The Morgan fingerprint density at radius 3 is 2.52 bits per heavy atom. The fraction of sp³-hybridized carbons (Fsp3) is 0.235. The van der Waals surface area contributed by atoms with Crippen LogP contribution in [0.2, 0.25) is 0 Å². The minimum atomic E-state index is -4.66. The summed E-state index contributed by atoms with van der Waals surface area (Å²) in [6.45, 7) is 1.90. The molecule has 0 aliphatic heterocycles. The van der Waals surface area contributed by atoms with Crippen LogP contribution < -0.4 is 10.5 Å². The first-order chi connectivity index (χ1) is 13.5. The molecule has 0 amide bonds. The molecule has 0 spiro atoms. The predicted octanol–water partition coefficient (Wildman–Crippen LogP) is 3.31. The fourth-order valence-corrected chi connectivity index (χ4v) is 4.30. The third-order valence-corrected chi connectivity index (χ3v) is 6.23. The number of thiazole rings is 1. The van der Waals surface area contributed by atoms with E-state index in [1.165, 1.54) is 35.7 Å². The number of benzene rings is 1. The van der Waals surface area contributed by atoms with E-state index < -0.39 is 22.7 Å². The number of hydrogen-bond acceptors (Lipinski definition) is 7. The summed E-state index contributed by atoms with van der Waals surface area (Å²) >= 11 is 1.37. The van der Waals surface area contributed by atoms with Crippen molar-refractivity contribution in [3.63, 3.8) is 0 Å². The summed E-state index contributed by atoms with van der Waals surface area (Å²) in [7, 11) is -4.36. The number of nitrogen functional groups attached to an aromatic ring is 1. The maximum Gasteiger partial charge on any atom is 0.402 e. The van der Waals surface area contributed by atoms with Gasteiger partial charge in [0.1, 0.15) is 12.2 Å². The summed E-state index contributed by atoms with van der Waals surface area (Å²) in [6, 6.07) is 3.98. The molecule has 2 heterocycles. The second kappa shape index (κ2) is 7.69. The predicted molar refractivity (Wildman–Crippen MR) is 104 cm³/mol. The maximum absolute atomic E-state index is 12.4. The monoisotopic (exact) mass is 443 g/mol. The van der Waals surface area contributed by atoms with Crippen LogP contribution in [0, 0.1) is 13.8 Å². The first-order valence-electron chi connectivity index (χ1n) is 8.19. The summed E-state index contributed by atoms with van der Waals surface area (Å²) in [5, 5.41) is 0.812. The Balaban J connectivity index is 2.03. The molecule has 3 N–H and O–H groups in total. The average Bonchev–Trinajstić information content (AvgIpc) is 3.06. The molecular weight excluding hydrogens is 427 g/mol. The van der Waals surface area contributed by atoms with Crippen molar-refractivity contribution in [3.8, 4) is 21.8 Å². The van der Waals surface area contributed by atoms with Crippen LogP contribution in [0.3, 0.4) is 0 Å². The molecule has 2 aromatic heterocycles. The van der Waals surface area contributed by atoms with Crippen LogP contribution >= 0.6 is 11.3 Å². The highest BCUT2D eigenvalue weighted by atomic mass is 32.2. The molecule has 12 heteroatoms. The molecule has 0 fully saturated rings. The van der Waals surface area contributed by atoms with Gasteiger partial charge in [-0.05, 0) is 31.5 Å². The van der Waals surface area contributed by atoms with Crippen molar-refractivity contribution < 1.29 is 21.6 Å². The molecular formula is C17H16F3N5O2S2. The molecule has 0 unspecified atom stereocenters. The summed E-state index contributed by atoms with van der Waals surface area (Å²) in [5.74, 6) is 0.186.